The summed E-state index contributed by atoms with van der Waals surface area (Å²) in [6.07, 6.45) is 0. The van der Waals surface area contributed by atoms with Crippen LogP contribution in [0.4, 0.5) is 0 Å². The molecule has 120 valence electrons. The van der Waals surface area contributed by atoms with Crippen LogP contribution < -0.4 is 32.6 Å². The highest BCUT2D eigenvalue weighted by atomic mass is 16.2. The van der Waals surface area contributed by atoms with E-state index in [2.05, 4.69) is 0 Å². The molecule has 24 heavy (non-hydrogen) atoms. The largest absolute Gasteiger partial charge is 0.289 e. The number of rotatable bonds is 0. The van der Waals surface area contributed by atoms with Gasteiger partial charge in [0.1, 0.15) is 0 Å². The van der Waals surface area contributed by atoms with Crippen molar-refractivity contribution in [2.24, 2.45) is 0 Å². The van der Waals surface area contributed by atoms with Gasteiger partial charge < -0.3 is 0 Å². The minimum absolute atomic E-state index is 0.0574. The van der Waals surface area contributed by atoms with Gasteiger partial charge in [0, 0.05) is 22.3 Å². The molecule has 0 bridgehead atoms. The fraction of sp³-hybridized carbons (Fsp3) is 0.222. The van der Waals surface area contributed by atoms with Crippen LogP contribution in [0.5, 0.6) is 0 Å². The Labute approximate surface area is 133 Å². The van der Waals surface area contributed by atoms with Crippen molar-refractivity contribution in [1.29, 1.82) is 0 Å². The zero-order valence-electron chi connectivity index (χ0n) is 13.4. The SMILES string of the molecule is Cc1c(C)c(=O)c2c(=O)c3c(=O)c(C)c(C)c(=O)c3c(=O)c2c1=O. The third-order valence-corrected chi connectivity index (χ3v) is 4.80. The van der Waals surface area contributed by atoms with Crippen molar-refractivity contribution in [1.82, 2.24) is 0 Å². The highest BCUT2D eigenvalue weighted by Crippen LogP contribution is 2.08. The normalized spacial score (nSPS) is 11.5. The molecule has 3 aromatic rings. The van der Waals surface area contributed by atoms with Gasteiger partial charge >= 0.3 is 0 Å². The van der Waals surface area contributed by atoms with Crippen molar-refractivity contribution < 1.29 is 0 Å². The lowest BCUT2D eigenvalue weighted by Crippen LogP contribution is -2.35. The Morgan fingerprint density at radius 1 is 0.333 bits per heavy atom. The van der Waals surface area contributed by atoms with Gasteiger partial charge in [-0.25, -0.2) is 0 Å². The summed E-state index contributed by atoms with van der Waals surface area (Å²) in [5, 5.41) is -2.39. The predicted octanol–water partition coefficient (Wildman–Crippen LogP) is -0.299. The summed E-state index contributed by atoms with van der Waals surface area (Å²) in [7, 11) is 0. The number of hydrogen-bond donors (Lipinski definition) is 0. The second kappa shape index (κ2) is 4.74. The average Bonchev–Trinajstić information content (AvgIpc) is 2.55. The lowest BCUT2D eigenvalue weighted by atomic mass is 9.94. The van der Waals surface area contributed by atoms with E-state index in [0.717, 1.165) is 0 Å². The van der Waals surface area contributed by atoms with Gasteiger partial charge in [0.05, 0.1) is 21.5 Å². The fourth-order valence-corrected chi connectivity index (χ4v) is 3.00. The van der Waals surface area contributed by atoms with Crippen molar-refractivity contribution >= 4 is 21.5 Å². The lowest BCUT2D eigenvalue weighted by molar-refractivity contribution is 1.27. The lowest BCUT2D eigenvalue weighted by Gasteiger charge is -2.04. The summed E-state index contributed by atoms with van der Waals surface area (Å²) in [6.45, 7) is 5.52. The van der Waals surface area contributed by atoms with Crippen LogP contribution in [0, 0.1) is 27.7 Å². The Balaban J connectivity index is 3.03. The van der Waals surface area contributed by atoms with Gasteiger partial charge in [0.15, 0.2) is 21.7 Å². The molecule has 0 unspecified atom stereocenters. The van der Waals surface area contributed by atoms with E-state index in [9.17, 15) is 28.8 Å². The van der Waals surface area contributed by atoms with Crippen molar-refractivity contribution in [3.05, 3.63) is 83.6 Å². The van der Waals surface area contributed by atoms with E-state index in [1.54, 1.807) is 0 Å². The second-order valence-corrected chi connectivity index (χ2v) is 5.97. The molecular formula is C18H12O6. The van der Waals surface area contributed by atoms with Crippen molar-refractivity contribution in [2.75, 3.05) is 0 Å². The van der Waals surface area contributed by atoms with Gasteiger partial charge in [0.2, 0.25) is 10.9 Å². The summed E-state index contributed by atoms with van der Waals surface area (Å²) in [5.41, 5.74) is -4.82. The average molecular weight is 324 g/mol. The zero-order valence-corrected chi connectivity index (χ0v) is 13.4. The molecule has 0 radical (unpaired) electrons. The topological polar surface area (TPSA) is 102 Å². The maximum atomic E-state index is 12.7. The number of benzene rings is 3. The maximum Gasteiger partial charge on any atom is 0.202 e. The van der Waals surface area contributed by atoms with Gasteiger partial charge in [-0.1, -0.05) is 0 Å². The van der Waals surface area contributed by atoms with Crippen LogP contribution in [0.2, 0.25) is 0 Å². The van der Waals surface area contributed by atoms with Gasteiger partial charge in [0.25, 0.3) is 0 Å². The Morgan fingerprint density at radius 3 is 0.667 bits per heavy atom. The molecule has 6 nitrogen and oxygen atoms in total. The molecule has 3 rings (SSSR count). The molecule has 3 aromatic carbocycles. The van der Waals surface area contributed by atoms with Crippen LogP contribution in [-0.4, -0.2) is 0 Å². The molecule has 0 aromatic heterocycles. The first-order valence-electron chi connectivity index (χ1n) is 7.22. The molecule has 0 atom stereocenters. The van der Waals surface area contributed by atoms with Gasteiger partial charge in [-0.2, -0.15) is 0 Å². The van der Waals surface area contributed by atoms with E-state index in [1.807, 2.05) is 0 Å². The molecule has 0 amide bonds. The molecule has 0 heterocycles. The quantitative estimate of drug-likeness (QED) is 0.526. The monoisotopic (exact) mass is 324 g/mol. The molecule has 0 aliphatic rings. The van der Waals surface area contributed by atoms with Crippen LogP contribution in [0.3, 0.4) is 0 Å². The molecule has 6 heteroatoms. The molecule has 0 N–H and O–H groups in total. The van der Waals surface area contributed by atoms with Crippen LogP contribution in [0.1, 0.15) is 22.3 Å². The van der Waals surface area contributed by atoms with Crippen molar-refractivity contribution in [2.45, 2.75) is 27.7 Å². The van der Waals surface area contributed by atoms with Crippen molar-refractivity contribution in [3.8, 4) is 0 Å². The highest BCUT2D eigenvalue weighted by Gasteiger charge is 2.24. The standard InChI is InChI=1S/C18H12O6/c1-5-6(2)14(20)10-9(13(5)19)17(23)11-12(18(10)24)16(22)8(4)7(3)15(11)21/h1-4H3. The molecule has 0 aliphatic heterocycles. The van der Waals surface area contributed by atoms with Crippen molar-refractivity contribution in [3.63, 3.8) is 0 Å². The Bertz CT molecular complexity index is 1180. The van der Waals surface area contributed by atoms with E-state index in [1.165, 1.54) is 27.7 Å². The Morgan fingerprint density at radius 2 is 0.500 bits per heavy atom. The van der Waals surface area contributed by atoms with E-state index < -0.39 is 54.1 Å². The second-order valence-electron chi connectivity index (χ2n) is 5.97. The molecule has 0 spiro atoms. The van der Waals surface area contributed by atoms with E-state index >= 15 is 0 Å². The fourth-order valence-electron chi connectivity index (χ4n) is 3.00. The molecule has 0 fully saturated rings. The molecule has 0 aliphatic carbocycles. The summed E-state index contributed by atoms with van der Waals surface area (Å²) < 4.78 is 0. The Kier molecular flexibility index (Phi) is 3.13. The third kappa shape index (κ3) is 1.65. The predicted molar refractivity (Wildman–Crippen MR) is 91.6 cm³/mol. The third-order valence-electron chi connectivity index (χ3n) is 4.80. The Hall–Kier alpha value is -3.02. The first-order chi connectivity index (χ1) is 11.1. The molecular weight excluding hydrogens is 312 g/mol. The first-order valence-corrected chi connectivity index (χ1v) is 7.22. The smallest absolute Gasteiger partial charge is 0.202 e. The summed E-state index contributed by atoms with van der Waals surface area (Å²) in [4.78, 5) is 75.0. The van der Waals surface area contributed by atoms with Crippen LogP contribution >= 0.6 is 0 Å². The van der Waals surface area contributed by atoms with Gasteiger partial charge in [-0.15, -0.1) is 0 Å². The first kappa shape index (κ1) is 15.9. The molecule has 0 saturated carbocycles. The van der Waals surface area contributed by atoms with E-state index in [0.29, 0.717) is 0 Å². The highest BCUT2D eigenvalue weighted by molar-refractivity contribution is 5.98. The van der Waals surface area contributed by atoms with E-state index in [4.69, 9.17) is 0 Å². The minimum atomic E-state index is -1.02. The number of hydrogen-bond acceptors (Lipinski definition) is 6. The zero-order chi connectivity index (χ0) is 18.1. The van der Waals surface area contributed by atoms with Crippen LogP contribution in [0.15, 0.2) is 28.8 Å². The summed E-state index contributed by atoms with van der Waals surface area (Å²) in [6, 6.07) is 0. The van der Waals surface area contributed by atoms with Gasteiger partial charge in [-0.3, -0.25) is 28.8 Å². The molecule has 0 saturated heterocycles. The van der Waals surface area contributed by atoms with Crippen LogP contribution in [-0.2, 0) is 0 Å². The van der Waals surface area contributed by atoms with Gasteiger partial charge in [-0.05, 0) is 27.7 Å². The number of fused-ring (bicyclic) bond motifs is 2. The van der Waals surface area contributed by atoms with E-state index in [-0.39, 0.29) is 22.3 Å². The summed E-state index contributed by atoms with van der Waals surface area (Å²) in [5.74, 6) is 0. The maximum absolute atomic E-state index is 12.7. The van der Waals surface area contributed by atoms with Crippen LogP contribution in [0.25, 0.3) is 21.5 Å². The summed E-state index contributed by atoms with van der Waals surface area (Å²) >= 11 is 0. The minimum Gasteiger partial charge on any atom is -0.289 e.